The third kappa shape index (κ3) is 2.69. The van der Waals surface area contributed by atoms with E-state index in [9.17, 15) is 0 Å². The Labute approximate surface area is 75.9 Å². The first kappa shape index (κ1) is 8.45. The summed E-state index contributed by atoms with van der Waals surface area (Å²) in [6, 6.07) is 0. The summed E-state index contributed by atoms with van der Waals surface area (Å²) in [5, 5.41) is 0. The first-order valence-electron chi connectivity index (χ1n) is 2.41. The normalized spacial score (nSPS) is 17.1. The molecule has 8 heavy (non-hydrogen) atoms. The van der Waals surface area contributed by atoms with E-state index in [1.807, 2.05) is 18.6 Å². The van der Waals surface area contributed by atoms with E-state index in [1.165, 1.54) is 0 Å². The average molecular weight is 181 g/mol. The largest absolute Gasteiger partial charge is 0.355 e. The maximum absolute atomic E-state index is 3.80. The van der Waals surface area contributed by atoms with Crippen molar-refractivity contribution in [1.82, 2.24) is 0 Å². The van der Waals surface area contributed by atoms with Crippen molar-refractivity contribution < 1.29 is 32.7 Å². The fourth-order valence-corrected chi connectivity index (χ4v) is 0.542. The summed E-state index contributed by atoms with van der Waals surface area (Å²) < 4.78 is 0. The second-order valence-electron chi connectivity index (χ2n) is 1.63. The van der Waals surface area contributed by atoms with E-state index in [0.717, 1.165) is 0 Å². The van der Waals surface area contributed by atoms with E-state index in [0.29, 0.717) is 5.92 Å². The first-order chi connectivity index (χ1) is 3.39. The van der Waals surface area contributed by atoms with Crippen molar-refractivity contribution in [3.05, 3.63) is 37.6 Å². The minimum absolute atomic E-state index is 0. The van der Waals surface area contributed by atoms with Gasteiger partial charge in [-0.15, -0.1) is 0 Å². The molecule has 0 aliphatic heterocycles. The van der Waals surface area contributed by atoms with E-state index < -0.39 is 0 Å². The Morgan fingerprint density at radius 1 is 1.25 bits per heavy atom. The van der Waals surface area contributed by atoms with Gasteiger partial charge in [0.25, 0.3) is 0 Å². The van der Waals surface area contributed by atoms with Gasteiger partial charge >= 0.3 is 0 Å². The standard InChI is InChI=1S/C7H8.Y/c1-7-5-3-2-4-6-7;/h2-7H,1H2;/q-2;. The summed E-state index contributed by atoms with van der Waals surface area (Å²) in [4.78, 5) is 0. The van der Waals surface area contributed by atoms with Crippen LogP contribution in [0.15, 0.2) is 24.3 Å². The van der Waals surface area contributed by atoms with E-state index in [4.69, 9.17) is 0 Å². The maximum Gasteiger partial charge on any atom is 0 e. The summed E-state index contributed by atoms with van der Waals surface area (Å²) in [5.41, 5.74) is 0. The van der Waals surface area contributed by atoms with Crippen molar-refractivity contribution in [1.29, 1.82) is 0 Å². The molecule has 0 fully saturated rings. The molecule has 0 nitrogen and oxygen atoms in total. The summed E-state index contributed by atoms with van der Waals surface area (Å²) in [7, 11) is 0. The average Bonchev–Trinajstić information content (AvgIpc) is 1.69. The summed E-state index contributed by atoms with van der Waals surface area (Å²) in [5.74, 6) is 0.394. The van der Waals surface area contributed by atoms with Crippen LogP contribution in [0.5, 0.6) is 0 Å². The summed E-state index contributed by atoms with van der Waals surface area (Å²) in [6.07, 6.45) is 10.1. The van der Waals surface area contributed by atoms with Gasteiger partial charge in [-0.3, -0.25) is 0 Å². The van der Waals surface area contributed by atoms with Gasteiger partial charge < -0.3 is 6.92 Å². The molecule has 0 saturated heterocycles. The predicted octanol–water partition coefficient (Wildman–Crippen LogP) is 1.76. The molecule has 1 radical (unpaired) electrons. The zero-order valence-corrected chi connectivity index (χ0v) is 7.59. The van der Waals surface area contributed by atoms with Gasteiger partial charge in [0, 0.05) is 32.7 Å². The van der Waals surface area contributed by atoms with Crippen LogP contribution in [0.25, 0.3) is 0 Å². The molecule has 0 aromatic heterocycles. The van der Waals surface area contributed by atoms with E-state index >= 15 is 0 Å². The SMILES string of the molecule is [CH2-]C1C=C[CH-]C=C1.[Y]. The van der Waals surface area contributed by atoms with Crippen LogP contribution in [-0.2, 0) is 32.7 Å². The molecular weight excluding hydrogens is 173 g/mol. The minimum Gasteiger partial charge on any atom is -0.355 e. The molecule has 0 atom stereocenters. The number of allylic oxidation sites excluding steroid dienone is 4. The minimum atomic E-state index is 0. The third-order valence-electron chi connectivity index (χ3n) is 0.939. The molecule has 0 N–H and O–H groups in total. The Hall–Kier alpha value is 0.454. The molecule has 0 saturated carbocycles. The molecule has 1 aliphatic rings. The van der Waals surface area contributed by atoms with Gasteiger partial charge in [-0.05, 0) is 0 Å². The number of hydrogen-bond acceptors (Lipinski definition) is 0. The molecule has 0 unspecified atom stereocenters. The Balaban J connectivity index is 0.000000490. The monoisotopic (exact) mass is 181 g/mol. The van der Waals surface area contributed by atoms with Crippen LogP contribution >= 0.6 is 0 Å². The molecule has 41 valence electrons. The molecule has 1 rings (SSSR count). The molecule has 1 aliphatic carbocycles. The van der Waals surface area contributed by atoms with Crippen LogP contribution in [0, 0.1) is 19.3 Å². The van der Waals surface area contributed by atoms with Gasteiger partial charge in [-0.2, -0.15) is 18.6 Å². The summed E-state index contributed by atoms with van der Waals surface area (Å²) >= 11 is 0. The van der Waals surface area contributed by atoms with Crippen molar-refractivity contribution in [2.75, 3.05) is 0 Å². The smallest absolute Gasteiger partial charge is 0 e. The molecule has 0 bridgehead atoms. The number of rotatable bonds is 0. The molecule has 0 aromatic carbocycles. The fourth-order valence-electron chi connectivity index (χ4n) is 0.542. The Morgan fingerprint density at radius 3 is 2.00 bits per heavy atom. The van der Waals surface area contributed by atoms with Gasteiger partial charge in [0.05, 0.1) is 0 Å². The van der Waals surface area contributed by atoms with Crippen LogP contribution < -0.4 is 0 Å². The van der Waals surface area contributed by atoms with Crippen molar-refractivity contribution in [3.8, 4) is 0 Å². The Morgan fingerprint density at radius 2 is 1.75 bits per heavy atom. The van der Waals surface area contributed by atoms with Gasteiger partial charge in [-0.1, -0.05) is 0 Å². The molecule has 0 heterocycles. The van der Waals surface area contributed by atoms with Crippen LogP contribution in [0.4, 0.5) is 0 Å². The van der Waals surface area contributed by atoms with Crippen molar-refractivity contribution in [2.45, 2.75) is 0 Å². The third-order valence-corrected chi connectivity index (χ3v) is 0.939. The molecule has 0 aromatic rings. The second-order valence-corrected chi connectivity index (χ2v) is 1.63. The molecule has 1 heteroatoms. The van der Waals surface area contributed by atoms with E-state index in [-0.39, 0.29) is 32.7 Å². The summed E-state index contributed by atoms with van der Waals surface area (Å²) in [6.45, 7) is 3.80. The second kappa shape index (κ2) is 4.34. The molecule has 0 spiro atoms. The predicted molar refractivity (Wildman–Crippen MR) is 31.4 cm³/mol. The maximum atomic E-state index is 3.80. The molecule has 0 amide bonds. The fraction of sp³-hybridized carbons (Fsp3) is 0.143. The van der Waals surface area contributed by atoms with Crippen molar-refractivity contribution in [3.63, 3.8) is 0 Å². The van der Waals surface area contributed by atoms with Crippen LogP contribution in [0.3, 0.4) is 0 Å². The van der Waals surface area contributed by atoms with Crippen molar-refractivity contribution >= 4 is 0 Å². The molecular formula is C7H8Y-2. The van der Waals surface area contributed by atoms with Gasteiger partial charge in [-0.25, -0.2) is 18.1 Å². The van der Waals surface area contributed by atoms with Crippen LogP contribution in [0.2, 0.25) is 0 Å². The Kier molecular flexibility index (Phi) is 4.59. The van der Waals surface area contributed by atoms with Crippen molar-refractivity contribution in [2.24, 2.45) is 5.92 Å². The van der Waals surface area contributed by atoms with Crippen LogP contribution in [-0.4, -0.2) is 0 Å². The zero-order valence-electron chi connectivity index (χ0n) is 4.75. The quantitative estimate of drug-likeness (QED) is 0.499. The van der Waals surface area contributed by atoms with Gasteiger partial charge in [0.15, 0.2) is 0 Å². The first-order valence-corrected chi connectivity index (χ1v) is 2.41. The van der Waals surface area contributed by atoms with Gasteiger partial charge in [0.1, 0.15) is 0 Å². The van der Waals surface area contributed by atoms with E-state index in [1.54, 1.807) is 0 Å². The van der Waals surface area contributed by atoms with Gasteiger partial charge in [0.2, 0.25) is 0 Å². The Bertz CT molecular complexity index is 91.0. The van der Waals surface area contributed by atoms with Crippen LogP contribution in [0.1, 0.15) is 0 Å². The zero-order chi connectivity index (χ0) is 5.11. The number of hydrogen-bond donors (Lipinski definition) is 0. The topological polar surface area (TPSA) is 0 Å². The van der Waals surface area contributed by atoms with E-state index in [2.05, 4.69) is 19.1 Å².